The molecule has 1 heterocycles. The summed E-state index contributed by atoms with van der Waals surface area (Å²) in [5.41, 5.74) is 3.51. The number of hydrogen-bond donors (Lipinski definition) is 0. The van der Waals surface area contributed by atoms with Crippen molar-refractivity contribution in [3.05, 3.63) is 39.5 Å². The van der Waals surface area contributed by atoms with Crippen molar-refractivity contribution >= 4 is 11.3 Å². The Morgan fingerprint density at radius 3 is 2.94 bits per heavy atom. The molecule has 1 aromatic heterocycles. The number of hydrogen-bond acceptors (Lipinski definition) is 2. The van der Waals surface area contributed by atoms with Crippen LogP contribution in [0.4, 0.5) is 4.39 Å². The molecule has 0 N–H and O–H groups in total. The van der Waals surface area contributed by atoms with Crippen LogP contribution in [0.5, 0.6) is 0 Å². The van der Waals surface area contributed by atoms with Crippen molar-refractivity contribution in [3.63, 3.8) is 0 Å². The van der Waals surface area contributed by atoms with Gasteiger partial charge in [-0.25, -0.2) is 9.37 Å². The predicted molar refractivity (Wildman–Crippen MR) is 64.3 cm³/mol. The zero-order valence-electron chi connectivity index (χ0n) is 9.09. The van der Waals surface area contributed by atoms with E-state index in [4.69, 9.17) is 0 Å². The molecule has 16 heavy (non-hydrogen) atoms. The number of rotatable bonds is 1. The van der Waals surface area contributed by atoms with Crippen LogP contribution in [0.3, 0.4) is 0 Å². The van der Waals surface area contributed by atoms with E-state index in [1.807, 2.05) is 18.4 Å². The van der Waals surface area contributed by atoms with Gasteiger partial charge in [0.2, 0.25) is 0 Å². The molecule has 1 aliphatic carbocycles. The maximum atomic E-state index is 14.2. The summed E-state index contributed by atoms with van der Waals surface area (Å²) >= 11 is 1.56. The highest BCUT2D eigenvalue weighted by molar-refractivity contribution is 7.09. The highest BCUT2D eigenvalue weighted by Gasteiger charge is 2.19. The molecular formula is C13H12FNS. The maximum Gasteiger partial charge on any atom is 0.136 e. The second-order valence-electron chi connectivity index (χ2n) is 4.17. The van der Waals surface area contributed by atoms with Crippen molar-refractivity contribution in [2.45, 2.75) is 26.2 Å². The average molecular weight is 233 g/mol. The van der Waals surface area contributed by atoms with Crippen molar-refractivity contribution in [1.82, 2.24) is 4.98 Å². The number of halogens is 1. The lowest BCUT2D eigenvalue weighted by Crippen LogP contribution is -1.93. The van der Waals surface area contributed by atoms with Gasteiger partial charge >= 0.3 is 0 Å². The minimum Gasteiger partial charge on any atom is -0.241 e. The Labute approximate surface area is 98.0 Å². The molecule has 0 bridgehead atoms. The molecule has 3 rings (SSSR count). The zero-order chi connectivity index (χ0) is 11.1. The van der Waals surface area contributed by atoms with E-state index in [0.29, 0.717) is 5.56 Å². The molecule has 0 amide bonds. The third-order valence-electron chi connectivity index (χ3n) is 3.11. The van der Waals surface area contributed by atoms with Crippen LogP contribution in [0.15, 0.2) is 17.5 Å². The minimum absolute atomic E-state index is 0.0553. The van der Waals surface area contributed by atoms with E-state index in [9.17, 15) is 4.39 Å². The number of nitrogens with zero attached hydrogens (tertiary/aromatic N) is 1. The molecular weight excluding hydrogens is 221 g/mol. The third kappa shape index (κ3) is 1.47. The quantitative estimate of drug-likeness (QED) is 0.731. The normalized spacial score (nSPS) is 14.1. The van der Waals surface area contributed by atoms with Gasteiger partial charge in [0.1, 0.15) is 5.82 Å². The first kappa shape index (κ1) is 9.97. The van der Waals surface area contributed by atoms with E-state index in [1.54, 1.807) is 11.3 Å². The van der Waals surface area contributed by atoms with E-state index in [2.05, 4.69) is 11.1 Å². The molecule has 1 aromatic carbocycles. The highest BCUT2D eigenvalue weighted by Crippen LogP contribution is 2.32. The van der Waals surface area contributed by atoms with Gasteiger partial charge in [0.05, 0.1) is 10.7 Å². The number of benzene rings is 1. The summed E-state index contributed by atoms with van der Waals surface area (Å²) in [6.07, 6.45) is 2.96. The Morgan fingerprint density at radius 2 is 2.19 bits per heavy atom. The monoisotopic (exact) mass is 233 g/mol. The first-order chi connectivity index (χ1) is 7.75. The van der Waals surface area contributed by atoms with Crippen molar-refractivity contribution in [1.29, 1.82) is 0 Å². The summed E-state index contributed by atoms with van der Waals surface area (Å²) in [6, 6.07) is 3.92. The van der Waals surface area contributed by atoms with Crippen LogP contribution in [0, 0.1) is 12.7 Å². The van der Waals surface area contributed by atoms with Crippen molar-refractivity contribution in [3.8, 4) is 11.3 Å². The lowest BCUT2D eigenvalue weighted by Gasteiger charge is -2.05. The molecule has 2 aromatic rings. The molecule has 0 saturated heterocycles. The van der Waals surface area contributed by atoms with E-state index in [-0.39, 0.29) is 5.82 Å². The zero-order valence-corrected chi connectivity index (χ0v) is 9.90. The lowest BCUT2D eigenvalue weighted by atomic mass is 10.0. The molecule has 0 atom stereocenters. The second kappa shape index (κ2) is 3.67. The van der Waals surface area contributed by atoms with Gasteiger partial charge in [-0.2, -0.15) is 0 Å². The topological polar surface area (TPSA) is 12.9 Å². The molecule has 1 aliphatic rings. The highest BCUT2D eigenvalue weighted by atomic mass is 32.1. The van der Waals surface area contributed by atoms with Crippen LogP contribution in [0.2, 0.25) is 0 Å². The van der Waals surface area contributed by atoms with Crippen molar-refractivity contribution < 1.29 is 4.39 Å². The smallest absolute Gasteiger partial charge is 0.136 e. The van der Waals surface area contributed by atoms with Crippen LogP contribution in [0.1, 0.15) is 22.6 Å². The maximum absolute atomic E-state index is 14.2. The fraction of sp³-hybridized carbons (Fsp3) is 0.308. The van der Waals surface area contributed by atoms with Crippen LogP contribution in [0.25, 0.3) is 11.3 Å². The van der Waals surface area contributed by atoms with Gasteiger partial charge in [-0.1, -0.05) is 6.07 Å². The molecule has 82 valence electrons. The summed E-state index contributed by atoms with van der Waals surface area (Å²) in [5.74, 6) is -0.0553. The van der Waals surface area contributed by atoms with Gasteiger partial charge in [-0.3, -0.25) is 0 Å². The number of aromatic nitrogens is 1. The largest absolute Gasteiger partial charge is 0.241 e. The summed E-state index contributed by atoms with van der Waals surface area (Å²) in [6.45, 7) is 1.94. The van der Waals surface area contributed by atoms with Gasteiger partial charge in [0, 0.05) is 10.9 Å². The fourth-order valence-electron chi connectivity index (χ4n) is 2.31. The van der Waals surface area contributed by atoms with Gasteiger partial charge < -0.3 is 0 Å². The first-order valence-corrected chi connectivity index (χ1v) is 6.36. The van der Waals surface area contributed by atoms with Gasteiger partial charge in [-0.15, -0.1) is 11.3 Å². The molecule has 0 saturated carbocycles. The van der Waals surface area contributed by atoms with Crippen LogP contribution in [-0.2, 0) is 12.8 Å². The van der Waals surface area contributed by atoms with E-state index < -0.39 is 0 Å². The summed E-state index contributed by atoms with van der Waals surface area (Å²) in [4.78, 5) is 4.35. The fourth-order valence-corrected chi connectivity index (χ4v) is 2.92. The molecule has 0 fully saturated rings. The van der Waals surface area contributed by atoms with Crippen LogP contribution < -0.4 is 0 Å². The van der Waals surface area contributed by atoms with Gasteiger partial charge in [0.25, 0.3) is 0 Å². The van der Waals surface area contributed by atoms with Crippen molar-refractivity contribution in [2.75, 3.05) is 0 Å². The van der Waals surface area contributed by atoms with Gasteiger partial charge in [0.15, 0.2) is 0 Å². The van der Waals surface area contributed by atoms with E-state index in [0.717, 1.165) is 35.5 Å². The van der Waals surface area contributed by atoms with Crippen LogP contribution in [-0.4, -0.2) is 4.98 Å². The van der Waals surface area contributed by atoms with Crippen LogP contribution >= 0.6 is 11.3 Å². The molecule has 0 spiro atoms. The third-order valence-corrected chi connectivity index (χ3v) is 3.88. The molecule has 0 radical (unpaired) electrons. The predicted octanol–water partition coefficient (Wildman–Crippen LogP) is 3.75. The molecule has 1 nitrogen and oxygen atoms in total. The van der Waals surface area contributed by atoms with E-state index in [1.165, 1.54) is 5.56 Å². The Morgan fingerprint density at radius 1 is 1.31 bits per heavy atom. The van der Waals surface area contributed by atoms with Crippen molar-refractivity contribution in [2.24, 2.45) is 0 Å². The van der Waals surface area contributed by atoms with E-state index >= 15 is 0 Å². The number of fused-ring (bicyclic) bond motifs is 1. The molecule has 0 aliphatic heterocycles. The number of thiazole rings is 1. The standard InChI is InChI=1S/C13H12FNS/c1-8-15-12(7-16-8)11-6-5-9-3-2-4-10(9)13(11)14/h5-7H,2-4H2,1H3. The van der Waals surface area contributed by atoms with Gasteiger partial charge in [-0.05, 0) is 43.4 Å². The second-order valence-corrected chi connectivity index (χ2v) is 5.23. The molecule has 0 unspecified atom stereocenters. The average Bonchev–Trinajstić information content (AvgIpc) is 2.87. The lowest BCUT2D eigenvalue weighted by molar-refractivity contribution is 0.616. The SMILES string of the molecule is Cc1nc(-c2ccc3c(c2F)CCC3)cs1. The Balaban J connectivity index is 2.15. The Hall–Kier alpha value is -1.22. The minimum atomic E-state index is -0.0553. The number of aryl methyl sites for hydroxylation is 2. The summed E-state index contributed by atoms with van der Waals surface area (Å²) < 4.78 is 14.2. The Kier molecular flexibility index (Phi) is 2.28. The summed E-state index contributed by atoms with van der Waals surface area (Å²) in [5, 5.41) is 2.91. The first-order valence-electron chi connectivity index (χ1n) is 5.48. The Bertz CT molecular complexity index is 545. The summed E-state index contributed by atoms with van der Waals surface area (Å²) in [7, 11) is 0. The molecule has 3 heteroatoms.